The van der Waals surface area contributed by atoms with Gasteiger partial charge in [0, 0.05) is 24.0 Å². The van der Waals surface area contributed by atoms with E-state index in [2.05, 4.69) is 28.6 Å². The van der Waals surface area contributed by atoms with Crippen molar-refractivity contribution in [2.24, 2.45) is 0 Å². The first-order valence-electron chi connectivity index (χ1n) is 9.60. The first kappa shape index (κ1) is 18.3. The lowest BCUT2D eigenvalue weighted by Gasteiger charge is -2.23. The summed E-state index contributed by atoms with van der Waals surface area (Å²) in [5.74, 6) is 0.764. The van der Waals surface area contributed by atoms with Crippen LogP contribution in [0.5, 0.6) is 0 Å². The first-order valence-corrected chi connectivity index (χ1v) is 9.60. The van der Waals surface area contributed by atoms with Crippen LogP contribution in [-0.4, -0.2) is 32.4 Å². The molecule has 1 N–H and O–H groups in total. The van der Waals surface area contributed by atoms with Crippen LogP contribution in [0.4, 0.5) is 10.5 Å². The SMILES string of the molecule is Cc1cc(C)n(Cc2ccc(NC(=O)N3CCCC3c3cc(C)on3)cc2)n1. The topological polar surface area (TPSA) is 76.2 Å². The van der Waals surface area contributed by atoms with E-state index in [0.717, 1.165) is 53.5 Å². The number of hydrogen-bond acceptors (Lipinski definition) is 4. The quantitative estimate of drug-likeness (QED) is 0.737. The Balaban J connectivity index is 1.41. The molecule has 7 nitrogen and oxygen atoms in total. The van der Waals surface area contributed by atoms with Crippen LogP contribution < -0.4 is 5.32 Å². The summed E-state index contributed by atoms with van der Waals surface area (Å²) in [5, 5.41) is 11.6. The van der Waals surface area contributed by atoms with Crippen molar-refractivity contribution in [1.29, 1.82) is 0 Å². The van der Waals surface area contributed by atoms with Crippen molar-refractivity contribution < 1.29 is 9.32 Å². The largest absolute Gasteiger partial charge is 0.361 e. The summed E-state index contributed by atoms with van der Waals surface area (Å²) in [7, 11) is 0. The standard InChI is InChI=1S/C21H25N5O2/c1-14-11-15(2)26(23-14)13-17-6-8-18(9-7-17)22-21(27)25-10-4-5-20(25)19-12-16(3)28-24-19/h6-9,11-12,20H,4-5,10,13H2,1-3H3,(H,22,27). The predicted molar refractivity (Wildman–Crippen MR) is 106 cm³/mol. The molecule has 0 radical (unpaired) electrons. The Morgan fingerprint density at radius 2 is 2.00 bits per heavy atom. The molecule has 1 saturated heterocycles. The molecule has 2 aromatic heterocycles. The van der Waals surface area contributed by atoms with Gasteiger partial charge in [0.15, 0.2) is 0 Å². The second-order valence-corrected chi connectivity index (χ2v) is 7.43. The van der Waals surface area contributed by atoms with Crippen LogP contribution in [0.2, 0.25) is 0 Å². The number of amides is 2. The van der Waals surface area contributed by atoms with Gasteiger partial charge in [0.2, 0.25) is 0 Å². The van der Waals surface area contributed by atoms with Crippen molar-refractivity contribution in [3.05, 3.63) is 64.8 Å². The van der Waals surface area contributed by atoms with Gasteiger partial charge in [-0.25, -0.2) is 4.79 Å². The van der Waals surface area contributed by atoms with Gasteiger partial charge in [-0.1, -0.05) is 17.3 Å². The first-order chi connectivity index (χ1) is 13.5. The monoisotopic (exact) mass is 379 g/mol. The van der Waals surface area contributed by atoms with Gasteiger partial charge >= 0.3 is 6.03 Å². The third-order valence-electron chi connectivity index (χ3n) is 5.14. The highest BCUT2D eigenvalue weighted by atomic mass is 16.5. The summed E-state index contributed by atoms with van der Waals surface area (Å²) < 4.78 is 7.16. The maximum atomic E-state index is 12.8. The molecule has 4 rings (SSSR count). The van der Waals surface area contributed by atoms with Gasteiger partial charge in [-0.05, 0) is 57.4 Å². The van der Waals surface area contributed by atoms with Crippen molar-refractivity contribution in [2.45, 2.75) is 46.2 Å². The molecule has 0 aliphatic carbocycles. The molecular formula is C21H25N5O2. The predicted octanol–water partition coefficient (Wildman–Crippen LogP) is 4.21. The van der Waals surface area contributed by atoms with Crippen LogP contribution in [0, 0.1) is 20.8 Å². The Bertz CT molecular complexity index is 973. The van der Waals surface area contributed by atoms with Crippen LogP contribution in [-0.2, 0) is 6.54 Å². The van der Waals surface area contributed by atoms with E-state index in [1.807, 2.05) is 53.8 Å². The minimum Gasteiger partial charge on any atom is -0.361 e. The molecule has 2 amide bonds. The summed E-state index contributed by atoms with van der Waals surface area (Å²) >= 11 is 0. The fourth-order valence-electron chi connectivity index (χ4n) is 3.76. The van der Waals surface area contributed by atoms with E-state index in [9.17, 15) is 4.79 Å². The highest BCUT2D eigenvalue weighted by Gasteiger charge is 2.32. The van der Waals surface area contributed by atoms with E-state index in [1.165, 1.54) is 0 Å². The van der Waals surface area contributed by atoms with Crippen molar-refractivity contribution in [2.75, 3.05) is 11.9 Å². The van der Waals surface area contributed by atoms with Gasteiger partial charge in [0.25, 0.3) is 0 Å². The number of nitrogens with zero attached hydrogens (tertiary/aromatic N) is 4. The summed E-state index contributed by atoms with van der Waals surface area (Å²) in [6, 6.07) is 11.8. The molecule has 1 aliphatic rings. The third kappa shape index (κ3) is 3.78. The number of benzene rings is 1. The molecule has 7 heteroatoms. The molecular weight excluding hydrogens is 354 g/mol. The van der Waals surface area contributed by atoms with Crippen molar-refractivity contribution in [3.8, 4) is 0 Å². The van der Waals surface area contributed by atoms with Crippen LogP contribution in [0.3, 0.4) is 0 Å². The number of carbonyl (C=O) groups is 1. The van der Waals surface area contributed by atoms with Gasteiger partial charge in [-0.15, -0.1) is 0 Å². The maximum absolute atomic E-state index is 12.8. The number of hydrogen-bond donors (Lipinski definition) is 1. The average molecular weight is 379 g/mol. The molecule has 146 valence electrons. The van der Waals surface area contributed by atoms with Gasteiger partial charge in [0.1, 0.15) is 11.5 Å². The van der Waals surface area contributed by atoms with E-state index < -0.39 is 0 Å². The molecule has 0 saturated carbocycles. The minimum absolute atomic E-state index is 0.0252. The number of aromatic nitrogens is 3. The Hall–Kier alpha value is -3.09. The van der Waals surface area contributed by atoms with Crippen molar-refractivity contribution in [3.63, 3.8) is 0 Å². The molecule has 1 aliphatic heterocycles. The van der Waals surface area contributed by atoms with Crippen LogP contribution in [0.15, 0.2) is 40.9 Å². The smallest absolute Gasteiger partial charge is 0.322 e. The average Bonchev–Trinajstić information content (AvgIpc) is 3.37. The molecule has 0 spiro atoms. The molecule has 0 bridgehead atoms. The zero-order valence-corrected chi connectivity index (χ0v) is 16.5. The molecule has 1 aromatic carbocycles. The Labute approximate surface area is 164 Å². The highest BCUT2D eigenvalue weighted by molar-refractivity contribution is 5.89. The maximum Gasteiger partial charge on any atom is 0.322 e. The molecule has 1 fully saturated rings. The molecule has 1 atom stereocenters. The normalized spacial score (nSPS) is 16.5. The molecule has 1 unspecified atom stereocenters. The van der Waals surface area contributed by atoms with Gasteiger partial charge in [0.05, 0.1) is 18.3 Å². The fourth-order valence-corrected chi connectivity index (χ4v) is 3.76. The second-order valence-electron chi connectivity index (χ2n) is 7.43. The lowest BCUT2D eigenvalue weighted by Crippen LogP contribution is -2.34. The van der Waals surface area contributed by atoms with Crippen LogP contribution in [0.25, 0.3) is 0 Å². The van der Waals surface area contributed by atoms with E-state index in [1.54, 1.807) is 0 Å². The molecule has 3 aromatic rings. The summed E-state index contributed by atoms with van der Waals surface area (Å²) in [4.78, 5) is 14.6. The lowest BCUT2D eigenvalue weighted by molar-refractivity contribution is 0.204. The zero-order valence-electron chi connectivity index (χ0n) is 16.5. The summed E-state index contributed by atoms with van der Waals surface area (Å²) in [6.07, 6.45) is 1.87. The summed E-state index contributed by atoms with van der Waals surface area (Å²) in [6.45, 7) is 7.35. The van der Waals surface area contributed by atoms with E-state index in [-0.39, 0.29) is 12.1 Å². The van der Waals surface area contributed by atoms with Crippen molar-refractivity contribution in [1.82, 2.24) is 19.8 Å². The van der Waals surface area contributed by atoms with E-state index in [0.29, 0.717) is 6.54 Å². The number of aryl methyl sites for hydroxylation is 3. The number of anilines is 1. The Kier molecular flexibility index (Phi) is 4.90. The second kappa shape index (κ2) is 7.50. The van der Waals surface area contributed by atoms with Gasteiger partial charge in [-0.3, -0.25) is 4.68 Å². The fraction of sp³-hybridized carbons (Fsp3) is 0.381. The highest BCUT2D eigenvalue weighted by Crippen LogP contribution is 2.32. The van der Waals surface area contributed by atoms with E-state index in [4.69, 9.17) is 4.52 Å². The van der Waals surface area contributed by atoms with Crippen LogP contribution in [0.1, 0.15) is 47.3 Å². The van der Waals surface area contributed by atoms with E-state index >= 15 is 0 Å². The number of nitrogens with one attached hydrogen (secondary N) is 1. The van der Waals surface area contributed by atoms with Crippen LogP contribution >= 0.6 is 0 Å². The number of urea groups is 1. The Morgan fingerprint density at radius 1 is 1.21 bits per heavy atom. The third-order valence-corrected chi connectivity index (χ3v) is 5.14. The Morgan fingerprint density at radius 3 is 2.64 bits per heavy atom. The van der Waals surface area contributed by atoms with Gasteiger partial charge < -0.3 is 14.7 Å². The number of likely N-dealkylation sites (tertiary alicyclic amines) is 1. The van der Waals surface area contributed by atoms with Gasteiger partial charge in [-0.2, -0.15) is 5.10 Å². The lowest BCUT2D eigenvalue weighted by atomic mass is 10.1. The van der Waals surface area contributed by atoms with Crippen molar-refractivity contribution >= 4 is 11.7 Å². The molecule has 3 heterocycles. The minimum atomic E-state index is -0.102. The number of carbonyl (C=O) groups excluding carboxylic acids is 1. The molecule has 28 heavy (non-hydrogen) atoms. The summed E-state index contributed by atoms with van der Waals surface area (Å²) in [5.41, 5.74) is 4.90. The number of rotatable bonds is 4. The zero-order chi connectivity index (χ0) is 19.7.